The molecule has 2 aromatic rings. The average molecular weight is 350 g/mol. The van der Waals surface area contributed by atoms with Crippen molar-refractivity contribution < 1.29 is 9.18 Å². The highest BCUT2D eigenvalue weighted by Gasteiger charge is 2.33. The summed E-state index contributed by atoms with van der Waals surface area (Å²) in [5.41, 5.74) is 1.45. The molecule has 0 heterocycles. The molecule has 23 heavy (non-hydrogen) atoms. The Balaban J connectivity index is 1.86. The van der Waals surface area contributed by atoms with E-state index < -0.39 is 0 Å². The number of benzene rings is 2. The highest BCUT2D eigenvalue weighted by Crippen LogP contribution is 2.32. The summed E-state index contributed by atoms with van der Waals surface area (Å²) in [4.78, 5) is 15.8. The summed E-state index contributed by atoms with van der Waals surface area (Å²) in [6.07, 6.45) is 3.98. The molecule has 2 nitrogen and oxygen atoms in total. The van der Waals surface area contributed by atoms with Gasteiger partial charge in [-0.1, -0.05) is 23.7 Å². The highest BCUT2D eigenvalue weighted by molar-refractivity contribution is 7.98. The second-order valence-electron chi connectivity index (χ2n) is 5.64. The van der Waals surface area contributed by atoms with E-state index in [1.807, 2.05) is 23.3 Å². The zero-order chi connectivity index (χ0) is 16.4. The molecule has 1 saturated carbocycles. The van der Waals surface area contributed by atoms with Crippen LogP contribution in [0.2, 0.25) is 5.02 Å². The Morgan fingerprint density at radius 3 is 2.57 bits per heavy atom. The number of nitrogens with zero attached hydrogens (tertiary/aromatic N) is 1. The zero-order valence-corrected chi connectivity index (χ0v) is 14.3. The van der Waals surface area contributed by atoms with Gasteiger partial charge in [0.1, 0.15) is 5.82 Å². The summed E-state index contributed by atoms with van der Waals surface area (Å²) in [7, 11) is 0. The summed E-state index contributed by atoms with van der Waals surface area (Å²) in [5, 5.41) is 0.470. The van der Waals surface area contributed by atoms with Crippen LogP contribution in [0.5, 0.6) is 0 Å². The molecular formula is C18H17ClFNOS. The Kier molecular flexibility index (Phi) is 4.93. The van der Waals surface area contributed by atoms with Crippen molar-refractivity contribution in [3.8, 4) is 0 Å². The molecule has 0 aliphatic heterocycles. The lowest BCUT2D eigenvalue weighted by atomic mass is 10.1. The molecule has 0 N–H and O–H groups in total. The van der Waals surface area contributed by atoms with E-state index >= 15 is 0 Å². The predicted octanol–water partition coefficient (Wildman–Crippen LogP) is 5.01. The first-order valence-corrected chi connectivity index (χ1v) is 9.07. The van der Waals surface area contributed by atoms with E-state index in [-0.39, 0.29) is 17.8 Å². The van der Waals surface area contributed by atoms with Gasteiger partial charge < -0.3 is 4.90 Å². The Morgan fingerprint density at radius 1 is 1.26 bits per heavy atom. The fourth-order valence-electron chi connectivity index (χ4n) is 2.49. The average Bonchev–Trinajstić information content (AvgIpc) is 3.39. The number of hydrogen-bond acceptors (Lipinski definition) is 2. The van der Waals surface area contributed by atoms with Crippen LogP contribution in [0.25, 0.3) is 0 Å². The van der Waals surface area contributed by atoms with Crippen LogP contribution >= 0.6 is 23.4 Å². The molecule has 1 aliphatic carbocycles. The van der Waals surface area contributed by atoms with E-state index in [4.69, 9.17) is 11.6 Å². The molecule has 0 unspecified atom stereocenters. The first-order valence-electron chi connectivity index (χ1n) is 7.47. The minimum Gasteiger partial charge on any atom is -0.331 e. The molecule has 5 heteroatoms. The van der Waals surface area contributed by atoms with Crippen LogP contribution in [0.15, 0.2) is 47.4 Å². The van der Waals surface area contributed by atoms with E-state index in [1.165, 1.54) is 12.1 Å². The van der Waals surface area contributed by atoms with Gasteiger partial charge in [-0.3, -0.25) is 4.79 Å². The summed E-state index contributed by atoms with van der Waals surface area (Å²) < 4.78 is 13.1. The SMILES string of the molecule is CSc1ccc(Cl)c(C(=O)N(Cc2ccc(F)cc2)C2CC2)c1. The van der Waals surface area contributed by atoms with Gasteiger partial charge in [0.2, 0.25) is 0 Å². The fourth-order valence-corrected chi connectivity index (χ4v) is 3.13. The van der Waals surface area contributed by atoms with E-state index in [0.717, 1.165) is 23.3 Å². The largest absolute Gasteiger partial charge is 0.331 e. The lowest BCUT2D eigenvalue weighted by Crippen LogP contribution is -2.32. The molecule has 2 aromatic carbocycles. The molecular weight excluding hydrogens is 333 g/mol. The molecule has 0 saturated heterocycles. The third-order valence-corrected chi connectivity index (χ3v) is 4.97. The van der Waals surface area contributed by atoms with Gasteiger partial charge >= 0.3 is 0 Å². The summed E-state index contributed by atoms with van der Waals surface area (Å²) in [6, 6.07) is 12.1. The standard InChI is InChI=1S/C18H17ClFNOS/c1-23-15-8-9-17(19)16(10-15)18(22)21(14-6-7-14)11-12-2-4-13(20)5-3-12/h2-5,8-10,14H,6-7,11H2,1H3. The van der Waals surface area contributed by atoms with Gasteiger partial charge in [0.25, 0.3) is 5.91 Å². The van der Waals surface area contributed by atoms with Crippen LogP contribution in [0, 0.1) is 5.82 Å². The molecule has 1 aliphatic rings. The van der Waals surface area contributed by atoms with Crippen molar-refractivity contribution in [2.24, 2.45) is 0 Å². The number of halogens is 2. The number of amides is 1. The second-order valence-corrected chi connectivity index (χ2v) is 6.92. The van der Waals surface area contributed by atoms with Crippen LogP contribution in [-0.2, 0) is 6.54 Å². The molecule has 0 bridgehead atoms. The summed E-state index contributed by atoms with van der Waals surface area (Å²) in [5.74, 6) is -0.327. The van der Waals surface area contributed by atoms with E-state index in [1.54, 1.807) is 30.0 Å². The number of carbonyl (C=O) groups is 1. The summed E-state index contributed by atoms with van der Waals surface area (Å²) in [6.45, 7) is 0.476. The molecule has 0 atom stereocenters. The second kappa shape index (κ2) is 6.93. The minimum atomic E-state index is -0.270. The maximum absolute atomic E-state index is 13.1. The van der Waals surface area contributed by atoms with Crippen LogP contribution < -0.4 is 0 Å². The van der Waals surface area contributed by atoms with Gasteiger partial charge in [-0.15, -0.1) is 11.8 Å². The number of rotatable bonds is 5. The molecule has 0 spiro atoms. The Bertz CT molecular complexity index is 715. The Morgan fingerprint density at radius 2 is 1.96 bits per heavy atom. The first-order chi connectivity index (χ1) is 11.1. The van der Waals surface area contributed by atoms with Gasteiger partial charge in [0.05, 0.1) is 10.6 Å². The molecule has 0 aromatic heterocycles. The van der Waals surface area contributed by atoms with Crippen molar-refractivity contribution in [2.75, 3.05) is 6.26 Å². The molecule has 0 radical (unpaired) electrons. The predicted molar refractivity (Wildman–Crippen MR) is 92.5 cm³/mol. The topological polar surface area (TPSA) is 20.3 Å². The van der Waals surface area contributed by atoms with Crippen molar-refractivity contribution in [3.05, 3.63) is 64.4 Å². The third kappa shape index (κ3) is 3.88. The number of thioether (sulfide) groups is 1. The van der Waals surface area contributed by atoms with Crippen molar-refractivity contribution in [1.29, 1.82) is 0 Å². The van der Waals surface area contributed by atoms with Crippen molar-refractivity contribution >= 4 is 29.3 Å². The molecule has 1 fully saturated rings. The monoisotopic (exact) mass is 349 g/mol. The maximum Gasteiger partial charge on any atom is 0.255 e. The van der Waals surface area contributed by atoms with Crippen molar-refractivity contribution in [2.45, 2.75) is 30.3 Å². The quantitative estimate of drug-likeness (QED) is 0.707. The van der Waals surface area contributed by atoms with Crippen molar-refractivity contribution in [1.82, 2.24) is 4.90 Å². The van der Waals surface area contributed by atoms with Gasteiger partial charge in [-0.05, 0) is 55.0 Å². The van der Waals surface area contributed by atoms with Crippen LogP contribution in [-0.4, -0.2) is 23.1 Å². The van der Waals surface area contributed by atoms with E-state index in [0.29, 0.717) is 17.1 Å². The Hall–Kier alpha value is -1.52. The Labute approximate surface area is 144 Å². The smallest absolute Gasteiger partial charge is 0.255 e. The fraction of sp³-hybridized carbons (Fsp3) is 0.278. The van der Waals surface area contributed by atoms with Gasteiger partial charge in [-0.2, -0.15) is 0 Å². The maximum atomic E-state index is 13.1. The zero-order valence-electron chi connectivity index (χ0n) is 12.8. The van der Waals surface area contributed by atoms with Gasteiger partial charge in [0, 0.05) is 17.5 Å². The van der Waals surface area contributed by atoms with E-state index in [9.17, 15) is 9.18 Å². The lowest BCUT2D eigenvalue weighted by Gasteiger charge is -2.23. The summed E-state index contributed by atoms with van der Waals surface area (Å²) >= 11 is 7.81. The van der Waals surface area contributed by atoms with Gasteiger partial charge in [0.15, 0.2) is 0 Å². The first kappa shape index (κ1) is 16.3. The minimum absolute atomic E-state index is 0.0577. The molecule has 1 amide bonds. The van der Waals surface area contributed by atoms with E-state index in [2.05, 4.69) is 0 Å². The highest BCUT2D eigenvalue weighted by atomic mass is 35.5. The number of hydrogen-bond donors (Lipinski definition) is 0. The van der Waals surface area contributed by atoms with Crippen LogP contribution in [0.1, 0.15) is 28.8 Å². The normalized spacial score (nSPS) is 13.9. The van der Waals surface area contributed by atoms with Gasteiger partial charge in [-0.25, -0.2) is 4.39 Å². The molecule has 3 rings (SSSR count). The van der Waals surface area contributed by atoms with Crippen LogP contribution in [0.4, 0.5) is 4.39 Å². The molecule has 120 valence electrons. The van der Waals surface area contributed by atoms with Crippen molar-refractivity contribution in [3.63, 3.8) is 0 Å². The third-order valence-electron chi connectivity index (χ3n) is 3.92. The number of carbonyl (C=O) groups excluding carboxylic acids is 1. The lowest BCUT2D eigenvalue weighted by molar-refractivity contribution is 0.0730. The van der Waals surface area contributed by atoms with Crippen LogP contribution in [0.3, 0.4) is 0 Å².